The molecule has 4 rings (SSSR count). The monoisotopic (exact) mass is 450 g/mol. The molecule has 1 aliphatic carbocycles. The van der Waals surface area contributed by atoms with Gasteiger partial charge in [-0.2, -0.15) is 0 Å². The quantitative estimate of drug-likeness (QED) is 0.409. The van der Waals surface area contributed by atoms with Crippen LogP contribution in [0.1, 0.15) is 63.5 Å². The molecule has 178 valence electrons. The largest absolute Gasteiger partial charge is 0.370 e. The maximum absolute atomic E-state index is 13.8. The Morgan fingerprint density at radius 2 is 1.91 bits per heavy atom. The van der Waals surface area contributed by atoms with Gasteiger partial charge in [0, 0.05) is 19.1 Å². The summed E-state index contributed by atoms with van der Waals surface area (Å²) in [5.74, 6) is 1.88. The molecular formula is C26H38N6O. The van der Waals surface area contributed by atoms with E-state index in [0.29, 0.717) is 31.4 Å². The van der Waals surface area contributed by atoms with Crippen molar-refractivity contribution in [1.29, 1.82) is 0 Å². The number of carbonyl (C=O) groups excluding carboxylic acids is 1. The summed E-state index contributed by atoms with van der Waals surface area (Å²) in [6.45, 7) is 15.4. The maximum atomic E-state index is 13.8. The minimum absolute atomic E-state index is 0.0466. The lowest BCUT2D eigenvalue weighted by atomic mass is 9.67. The van der Waals surface area contributed by atoms with Crippen molar-refractivity contribution < 1.29 is 4.79 Å². The first kappa shape index (κ1) is 23.6. The molecule has 2 aliphatic heterocycles. The van der Waals surface area contributed by atoms with Crippen molar-refractivity contribution in [2.45, 2.75) is 70.4 Å². The molecule has 1 aromatic rings. The Morgan fingerprint density at radius 1 is 1.21 bits per heavy atom. The number of amides is 1. The Hall–Kier alpha value is -2.59. The van der Waals surface area contributed by atoms with Crippen molar-refractivity contribution in [1.82, 2.24) is 9.80 Å². The number of carbonyl (C=O) groups is 1. The fraction of sp³-hybridized carbons (Fsp3) is 0.654. The Bertz CT molecular complexity index is 929. The lowest BCUT2D eigenvalue weighted by Crippen LogP contribution is -2.57. The van der Waals surface area contributed by atoms with E-state index in [1.807, 2.05) is 23.1 Å². The standard InChI is InChI=1S/C26H38N6O/c1-18(2)19-4-7-22(8-5-19)31-13-10-26(11-14-31)23-9-6-21(29-3)16-20(23)17-32(24(26)33)15-12-30-25(27)28/h6,9,16,18-19,22H,4-5,7-8,10-15,17H2,1-2H3,(H4,27,28,30). The van der Waals surface area contributed by atoms with Crippen LogP contribution in [-0.2, 0) is 16.8 Å². The summed E-state index contributed by atoms with van der Waals surface area (Å²) in [5, 5.41) is 0. The number of nitrogens with zero attached hydrogens (tertiary/aromatic N) is 4. The van der Waals surface area contributed by atoms with E-state index < -0.39 is 5.41 Å². The lowest BCUT2D eigenvalue weighted by Gasteiger charge is -2.49. The van der Waals surface area contributed by atoms with Crippen LogP contribution < -0.4 is 11.5 Å². The number of piperidine rings is 1. The van der Waals surface area contributed by atoms with Crippen molar-refractivity contribution in [3.63, 3.8) is 0 Å². The molecule has 3 aliphatic rings. The highest BCUT2D eigenvalue weighted by molar-refractivity contribution is 5.91. The predicted molar refractivity (Wildman–Crippen MR) is 132 cm³/mol. The molecule has 0 radical (unpaired) electrons. The van der Waals surface area contributed by atoms with Gasteiger partial charge < -0.3 is 21.3 Å². The molecule has 7 heteroatoms. The van der Waals surface area contributed by atoms with E-state index in [9.17, 15) is 4.79 Å². The molecule has 1 spiro atoms. The van der Waals surface area contributed by atoms with Gasteiger partial charge in [0.15, 0.2) is 11.6 Å². The van der Waals surface area contributed by atoms with Crippen LogP contribution in [0.2, 0.25) is 0 Å². The minimum atomic E-state index is -0.502. The number of nitrogens with two attached hydrogens (primary N) is 2. The van der Waals surface area contributed by atoms with E-state index >= 15 is 0 Å². The van der Waals surface area contributed by atoms with Gasteiger partial charge in [0.25, 0.3) is 0 Å². The number of guanidine groups is 1. The van der Waals surface area contributed by atoms with Crippen molar-refractivity contribution in [3.05, 3.63) is 40.7 Å². The van der Waals surface area contributed by atoms with Gasteiger partial charge in [-0.05, 0) is 74.6 Å². The number of rotatable bonds is 5. The number of likely N-dealkylation sites (tertiary alicyclic amines) is 1. The van der Waals surface area contributed by atoms with E-state index in [4.69, 9.17) is 18.0 Å². The number of fused-ring (bicyclic) bond motifs is 2. The van der Waals surface area contributed by atoms with E-state index in [-0.39, 0.29) is 11.9 Å². The fourth-order valence-corrected chi connectivity index (χ4v) is 6.31. The van der Waals surface area contributed by atoms with Gasteiger partial charge in [-0.3, -0.25) is 9.79 Å². The van der Waals surface area contributed by atoms with Crippen molar-refractivity contribution >= 4 is 17.6 Å². The molecule has 1 amide bonds. The summed E-state index contributed by atoms with van der Waals surface area (Å²) in [6.07, 6.45) is 6.87. The Balaban J connectivity index is 1.52. The molecule has 33 heavy (non-hydrogen) atoms. The molecule has 0 atom stereocenters. The molecular weight excluding hydrogens is 412 g/mol. The highest BCUT2D eigenvalue weighted by Crippen LogP contribution is 2.45. The van der Waals surface area contributed by atoms with Crippen LogP contribution in [0.3, 0.4) is 0 Å². The van der Waals surface area contributed by atoms with Gasteiger partial charge in [0.1, 0.15) is 0 Å². The first-order valence-electron chi connectivity index (χ1n) is 12.4. The number of aliphatic imine (C=N–C) groups is 1. The van der Waals surface area contributed by atoms with E-state index in [2.05, 4.69) is 28.6 Å². The molecule has 0 unspecified atom stereocenters. The maximum Gasteiger partial charge on any atom is 0.233 e. The Labute approximate surface area is 198 Å². The summed E-state index contributed by atoms with van der Waals surface area (Å²) in [6, 6.07) is 6.52. The molecule has 1 saturated heterocycles. The Morgan fingerprint density at radius 3 is 2.52 bits per heavy atom. The second kappa shape index (κ2) is 9.72. The molecule has 7 nitrogen and oxygen atoms in total. The molecule has 2 fully saturated rings. The van der Waals surface area contributed by atoms with Gasteiger partial charge in [-0.15, -0.1) is 0 Å². The molecule has 2 heterocycles. The average molecular weight is 451 g/mol. The summed E-state index contributed by atoms with van der Waals surface area (Å²) < 4.78 is 0. The second-order valence-corrected chi connectivity index (χ2v) is 10.4. The van der Waals surface area contributed by atoms with Crippen LogP contribution in [0.4, 0.5) is 5.69 Å². The molecule has 1 aromatic carbocycles. The molecule has 0 aromatic heterocycles. The van der Waals surface area contributed by atoms with Crippen molar-refractivity contribution in [2.24, 2.45) is 28.3 Å². The topological polar surface area (TPSA) is 92.3 Å². The third-order valence-corrected chi connectivity index (χ3v) is 8.31. The number of benzene rings is 1. The van der Waals surface area contributed by atoms with Crippen LogP contribution in [-0.4, -0.2) is 53.9 Å². The summed E-state index contributed by atoms with van der Waals surface area (Å²) >= 11 is 0. The third kappa shape index (κ3) is 4.72. The first-order valence-corrected chi connectivity index (χ1v) is 12.4. The average Bonchev–Trinajstić information content (AvgIpc) is 2.82. The highest BCUT2D eigenvalue weighted by Gasteiger charge is 2.49. The van der Waals surface area contributed by atoms with Gasteiger partial charge in [0.05, 0.1) is 18.5 Å². The first-order chi connectivity index (χ1) is 15.8. The SMILES string of the molecule is [C-]#[N+]c1ccc2c(c1)CN(CCN=C(N)N)C(=O)C21CCN(C2CCC(C(C)C)CC2)CC1. The zero-order valence-electron chi connectivity index (χ0n) is 20.1. The van der Waals surface area contributed by atoms with Crippen LogP contribution in [0.5, 0.6) is 0 Å². The van der Waals surface area contributed by atoms with Crippen LogP contribution in [0.25, 0.3) is 4.85 Å². The number of hydrogen-bond donors (Lipinski definition) is 2. The fourth-order valence-electron chi connectivity index (χ4n) is 6.31. The molecule has 4 N–H and O–H groups in total. The zero-order chi connectivity index (χ0) is 23.6. The third-order valence-electron chi connectivity index (χ3n) is 8.31. The van der Waals surface area contributed by atoms with Gasteiger partial charge in [-0.1, -0.05) is 32.0 Å². The zero-order valence-corrected chi connectivity index (χ0v) is 20.1. The van der Waals surface area contributed by atoms with Crippen molar-refractivity contribution in [2.75, 3.05) is 26.2 Å². The van der Waals surface area contributed by atoms with Crippen LogP contribution in [0.15, 0.2) is 23.2 Å². The minimum Gasteiger partial charge on any atom is -0.370 e. The highest BCUT2D eigenvalue weighted by atomic mass is 16.2. The van der Waals surface area contributed by atoms with Gasteiger partial charge in [0.2, 0.25) is 5.91 Å². The number of hydrogen-bond acceptors (Lipinski definition) is 3. The second-order valence-electron chi connectivity index (χ2n) is 10.4. The Kier molecular flexibility index (Phi) is 6.94. The predicted octanol–water partition coefficient (Wildman–Crippen LogP) is 3.40. The van der Waals surface area contributed by atoms with Gasteiger partial charge >= 0.3 is 0 Å². The van der Waals surface area contributed by atoms with E-state index in [1.54, 1.807) is 0 Å². The van der Waals surface area contributed by atoms with Crippen molar-refractivity contribution in [3.8, 4) is 0 Å². The molecule has 0 bridgehead atoms. The van der Waals surface area contributed by atoms with E-state index in [1.165, 1.54) is 25.7 Å². The van der Waals surface area contributed by atoms with Crippen LogP contribution in [0, 0.1) is 18.4 Å². The molecule has 1 saturated carbocycles. The normalized spacial score (nSPS) is 25.0. The van der Waals surface area contributed by atoms with E-state index in [0.717, 1.165) is 48.9 Å². The summed E-state index contributed by atoms with van der Waals surface area (Å²) in [7, 11) is 0. The summed E-state index contributed by atoms with van der Waals surface area (Å²) in [4.78, 5) is 26.1. The smallest absolute Gasteiger partial charge is 0.233 e. The van der Waals surface area contributed by atoms with Crippen LogP contribution >= 0.6 is 0 Å². The lowest BCUT2D eigenvalue weighted by molar-refractivity contribution is -0.142. The van der Waals surface area contributed by atoms with Gasteiger partial charge in [-0.25, -0.2) is 4.85 Å². The summed E-state index contributed by atoms with van der Waals surface area (Å²) in [5.41, 5.74) is 13.3.